The van der Waals surface area contributed by atoms with Gasteiger partial charge in [0.2, 0.25) is 0 Å². The van der Waals surface area contributed by atoms with Gasteiger partial charge in [0, 0.05) is 18.6 Å². The van der Waals surface area contributed by atoms with E-state index in [-0.39, 0.29) is 0 Å². The molecule has 0 saturated heterocycles. The van der Waals surface area contributed by atoms with Crippen LogP contribution in [0.4, 0.5) is 0 Å². The highest BCUT2D eigenvalue weighted by atomic mass is 15.2. The Labute approximate surface area is 121 Å². The van der Waals surface area contributed by atoms with Crippen molar-refractivity contribution in [2.24, 2.45) is 11.8 Å². The fourth-order valence-electron chi connectivity index (χ4n) is 3.29. The highest BCUT2D eigenvalue weighted by molar-refractivity contribution is 4.81. The van der Waals surface area contributed by atoms with E-state index in [9.17, 15) is 0 Å². The second-order valence-electron chi connectivity index (χ2n) is 6.83. The van der Waals surface area contributed by atoms with Crippen LogP contribution in [0.5, 0.6) is 0 Å². The monoisotopic (exact) mass is 268 g/mol. The fourth-order valence-corrected chi connectivity index (χ4v) is 3.29. The average molecular weight is 268 g/mol. The Kier molecular flexibility index (Phi) is 8.01. The predicted octanol–water partition coefficient (Wildman–Crippen LogP) is 3.91. The van der Waals surface area contributed by atoms with Crippen molar-refractivity contribution in [2.75, 3.05) is 20.1 Å². The maximum Gasteiger partial charge on any atom is 0.0217 e. The number of rotatable bonds is 8. The van der Waals surface area contributed by atoms with Gasteiger partial charge in [-0.3, -0.25) is 0 Å². The molecular weight excluding hydrogens is 232 g/mol. The summed E-state index contributed by atoms with van der Waals surface area (Å²) < 4.78 is 0. The van der Waals surface area contributed by atoms with Gasteiger partial charge in [-0.15, -0.1) is 0 Å². The van der Waals surface area contributed by atoms with Gasteiger partial charge in [0.25, 0.3) is 0 Å². The Morgan fingerprint density at radius 2 is 1.74 bits per heavy atom. The third kappa shape index (κ3) is 5.83. The van der Waals surface area contributed by atoms with Crippen molar-refractivity contribution in [2.45, 2.75) is 78.3 Å². The summed E-state index contributed by atoms with van der Waals surface area (Å²) in [6.07, 6.45) is 8.32. The van der Waals surface area contributed by atoms with E-state index in [2.05, 4.69) is 45.0 Å². The second kappa shape index (κ2) is 8.97. The number of nitrogens with one attached hydrogen (secondary N) is 1. The van der Waals surface area contributed by atoms with Gasteiger partial charge in [-0.1, -0.05) is 34.1 Å². The van der Waals surface area contributed by atoms with Gasteiger partial charge < -0.3 is 10.2 Å². The maximum atomic E-state index is 3.72. The lowest BCUT2D eigenvalue weighted by atomic mass is 9.84. The molecule has 2 heteroatoms. The van der Waals surface area contributed by atoms with Crippen molar-refractivity contribution in [3.8, 4) is 0 Å². The van der Waals surface area contributed by atoms with E-state index in [1.165, 1.54) is 45.1 Å². The van der Waals surface area contributed by atoms with Crippen LogP contribution in [0.15, 0.2) is 0 Å². The molecule has 0 amide bonds. The fraction of sp³-hybridized carbons (Fsp3) is 1.00. The number of hydrogen-bond donors (Lipinski definition) is 1. The van der Waals surface area contributed by atoms with Crippen LogP contribution in [0.2, 0.25) is 0 Å². The normalized spacial score (nSPS) is 26.1. The molecule has 0 bridgehead atoms. The molecular formula is C17H36N2. The number of likely N-dealkylation sites (N-methyl/N-ethyl adjacent to an activating group) is 1. The van der Waals surface area contributed by atoms with Crippen LogP contribution >= 0.6 is 0 Å². The summed E-state index contributed by atoms with van der Waals surface area (Å²) in [6.45, 7) is 11.6. The van der Waals surface area contributed by atoms with Crippen LogP contribution < -0.4 is 5.32 Å². The molecule has 114 valence electrons. The minimum absolute atomic E-state index is 0.647. The Morgan fingerprint density at radius 3 is 2.21 bits per heavy atom. The Bertz CT molecular complexity index is 219. The van der Waals surface area contributed by atoms with Crippen LogP contribution in [0.1, 0.15) is 66.2 Å². The highest BCUT2D eigenvalue weighted by Crippen LogP contribution is 2.29. The molecule has 0 aliphatic heterocycles. The average Bonchev–Trinajstić information content (AvgIpc) is 2.43. The smallest absolute Gasteiger partial charge is 0.0217 e. The zero-order chi connectivity index (χ0) is 14.3. The molecule has 1 aliphatic carbocycles. The number of hydrogen-bond acceptors (Lipinski definition) is 2. The van der Waals surface area contributed by atoms with Crippen LogP contribution in [0.3, 0.4) is 0 Å². The molecule has 1 rings (SSSR count). The lowest BCUT2D eigenvalue weighted by molar-refractivity contribution is 0.141. The molecule has 1 atom stereocenters. The summed E-state index contributed by atoms with van der Waals surface area (Å²) in [4.78, 5) is 2.62. The minimum Gasteiger partial charge on any atom is -0.312 e. The third-order valence-electron chi connectivity index (χ3n) is 4.96. The molecule has 1 N–H and O–H groups in total. The Hall–Kier alpha value is -0.0800. The molecule has 0 spiro atoms. The zero-order valence-corrected chi connectivity index (χ0v) is 13.9. The Balaban J connectivity index is 2.37. The maximum absolute atomic E-state index is 3.72. The largest absolute Gasteiger partial charge is 0.312 e. The van der Waals surface area contributed by atoms with Gasteiger partial charge in [0.05, 0.1) is 0 Å². The van der Waals surface area contributed by atoms with Crippen LogP contribution in [0, 0.1) is 11.8 Å². The molecule has 1 fully saturated rings. The van der Waals surface area contributed by atoms with E-state index in [0.29, 0.717) is 6.04 Å². The first-order chi connectivity index (χ1) is 9.08. The van der Waals surface area contributed by atoms with Crippen LogP contribution in [0.25, 0.3) is 0 Å². The van der Waals surface area contributed by atoms with E-state index >= 15 is 0 Å². The molecule has 19 heavy (non-hydrogen) atoms. The van der Waals surface area contributed by atoms with Crippen molar-refractivity contribution >= 4 is 0 Å². The standard InChI is InChI=1S/C17H36N2/c1-6-12-18-17(14(3)4)13-19(5)16-10-8-15(7-2)9-11-16/h14-18H,6-13H2,1-5H3. The first-order valence-electron chi connectivity index (χ1n) is 8.52. The molecule has 0 aromatic heterocycles. The first-order valence-corrected chi connectivity index (χ1v) is 8.52. The van der Waals surface area contributed by atoms with Crippen molar-refractivity contribution in [3.05, 3.63) is 0 Å². The molecule has 0 aromatic carbocycles. The summed E-state index contributed by atoms with van der Waals surface area (Å²) >= 11 is 0. The summed E-state index contributed by atoms with van der Waals surface area (Å²) in [5.41, 5.74) is 0. The van der Waals surface area contributed by atoms with Crippen LogP contribution in [-0.4, -0.2) is 37.1 Å². The molecule has 0 radical (unpaired) electrons. The lowest BCUT2D eigenvalue weighted by Crippen LogP contribution is -2.47. The summed E-state index contributed by atoms with van der Waals surface area (Å²) in [5.74, 6) is 1.73. The van der Waals surface area contributed by atoms with Gasteiger partial charge in [-0.25, -0.2) is 0 Å². The molecule has 1 saturated carbocycles. The highest BCUT2D eigenvalue weighted by Gasteiger charge is 2.25. The lowest BCUT2D eigenvalue weighted by Gasteiger charge is -2.37. The third-order valence-corrected chi connectivity index (χ3v) is 4.96. The van der Waals surface area contributed by atoms with Crippen LogP contribution in [-0.2, 0) is 0 Å². The van der Waals surface area contributed by atoms with E-state index in [0.717, 1.165) is 24.4 Å². The summed E-state index contributed by atoms with van der Waals surface area (Å²) in [5, 5.41) is 3.72. The predicted molar refractivity (Wildman–Crippen MR) is 85.6 cm³/mol. The van der Waals surface area contributed by atoms with Crippen molar-refractivity contribution in [1.29, 1.82) is 0 Å². The van der Waals surface area contributed by atoms with E-state index in [4.69, 9.17) is 0 Å². The molecule has 2 nitrogen and oxygen atoms in total. The summed E-state index contributed by atoms with van der Waals surface area (Å²) in [7, 11) is 2.33. The van der Waals surface area contributed by atoms with E-state index < -0.39 is 0 Å². The zero-order valence-electron chi connectivity index (χ0n) is 13.9. The minimum atomic E-state index is 0.647. The SMILES string of the molecule is CCCNC(CN(C)C1CCC(CC)CC1)C(C)C. The van der Waals surface area contributed by atoms with E-state index in [1.54, 1.807) is 0 Å². The summed E-state index contributed by atoms with van der Waals surface area (Å²) in [6, 6.07) is 1.47. The van der Waals surface area contributed by atoms with Gasteiger partial charge in [0.1, 0.15) is 0 Å². The molecule has 1 aliphatic rings. The first kappa shape index (κ1) is 17.0. The molecule has 1 unspecified atom stereocenters. The van der Waals surface area contributed by atoms with Crippen molar-refractivity contribution < 1.29 is 0 Å². The van der Waals surface area contributed by atoms with Crippen molar-refractivity contribution in [1.82, 2.24) is 10.2 Å². The topological polar surface area (TPSA) is 15.3 Å². The van der Waals surface area contributed by atoms with Gasteiger partial charge in [-0.05, 0) is 57.5 Å². The quantitative estimate of drug-likeness (QED) is 0.718. The number of nitrogens with zero attached hydrogens (tertiary/aromatic N) is 1. The molecule has 0 heterocycles. The van der Waals surface area contributed by atoms with Gasteiger partial charge in [-0.2, -0.15) is 0 Å². The second-order valence-corrected chi connectivity index (χ2v) is 6.83. The Morgan fingerprint density at radius 1 is 1.11 bits per heavy atom. The van der Waals surface area contributed by atoms with E-state index in [1.807, 2.05) is 0 Å². The molecule has 0 aromatic rings. The van der Waals surface area contributed by atoms with Gasteiger partial charge in [0.15, 0.2) is 0 Å². The van der Waals surface area contributed by atoms with Crippen molar-refractivity contribution in [3.63, 3.8) is 0 Å². The van der Waals surface area contributed by atoms with Gasteiger partial charge >= 0.3 is 0 Å².